The number of hydrogen-bond acceptors (Lipinski definition) is 6. The predicted molar refractivity (Wildman–Crippen MR) is 110 cm³/mol. The van der Waals surface area contributed by atoms with Gasteiger partial charge in [-0.2, -0.15) is 0 Å². The molecule has 0 aliphatic heterocycles. The molecule has 0 aliphatic carbocycles. The van der Waals surface area contributed by atoms with Crippen LogP contribution in [0.1, 0.15) is 20.9 Å². The molecule has 0 atom stereocenters. The quantitative estimate of drug-likeness (QED) is 0.484. The Bertz CT molecular complexity index is 1280. The van der Waals surface area contributed by atoms with Crippen molar-refractivity contribution in [2.24, 2.45) is 5.73 Å². The van der Waals surface area contributed by atoms with Crippen molar-refractivity contribution in [3.63, 3.8) is 0 Å². The summed E-state index contributed by atoms with van der Waals surface area (Å²) >= 11 is 0. The van der Waals surface area contributed by atoms with Crippen LogP contribution in [-0.4, -0.2) is 23.9 Å². The zero-order valence-electron chi connectivity index (χ0n) is 16.2. The molecule has 2 amide bonds. The van der Waals surface area contributed by atoms with Crippen molar-refractivity contribution in [3.8, 4) is 17.4 Å². The highest BCUT2D eigenvalue weighted by Crippen LogP contribution is 2.32. The minimum absolute atomic E-state index is 0.0105. The number of anilines is 1. The Morgan fingerprint density at radius 2 is 1.90 bits per heavy atom. The molecular formula is C22H16FN3O5. The smallest absolute Gasteiger partial charge is 0.286 e. The first kappa shape index (κ1) is 19.9. The van der Waals surface area contributed by atoms with Gasteiger partial charge in [0.25, 0.3) is 11.8 Å². The van der Waals surface area contributed by atoms with Gasteiger partial charge in [0.05, 0.1) is 12.7 Å². The first-order chi connectivity index (χ1) is 14.9. The average molecular weight is 421 g/mol. The predicted octanol–water partition coefficient (Wildman–Crippen LogP) is 4.12. The van der Waals surface area contributed by atoms with Crippen LogP contribution in [-0.2, 0) is 0 Å². The fraction of sp³-hybridized carbons (Fsp3) is 0.0455. The number of halogens is 1. The van der Waals surface area contributed by atoms with Gasteiger partial charge in [-0.15, -0.1) is 0 Å². The number of fused-ring (bicyclic) bond motifs is 1. The van der Waals surface area contributed by atoms with Crippen LogP contribution in [0, 0.1) is 5.82 Å². The van der Waals surface area contributed by atoms with Crippen LogP contribution in [0.3, 0.4) is 0 Å². The van der Waals surface area contributed by atoms with E-state index < -0.39 is 17.6 Å². The summed E-state index contributed by atoms with van der Waals surface area (Å²) in [5.41, 5.74) is 5.71. The number of pyridine rings is 1. The van der Waals surface area contributed by atoms with E-state index in [4.69, 9.17) is 19.6 Å². The molecule has 156 valence electrons. The molecule has 0 saturated carbocycles. The molecule has 0 unspecified atom stereocenters. The molecule has 9 heteroatoms. The van der Waals surface area contributed by atoms with E-state index in [0.717, 1.165) is 6.07 Å². The monoisotopic (exact) mass is 421 g/mol. The summed E-state index contributed by atoms with van der Waals surface area (Å²) in [6.07, 6.45) is 1.30. The van der Waals surface area contributed by atoms with Gasteiger partial charge in [-0.05, 0) is 36.4 Å². The van der Waals surface area contributed by atoms with Crippen molar-refractivity contribution >= 4 is 28.5 Å². The van der Waals surface area contributed by atoms with Gasteiger partial charge >= 0.3 is 0 Å². The minimum Gasteiger partial charge on any atom is -0.497 e. The highest BCUT2D eigenvalue weighted by Gasteiger charge is 2.21. The number of methoxy groups -OCH3 is 1. The number of nitrogens with zero attached hydrogens (tertiary/aromatic N) is 1. The van der Waals surface area contributed by atoms with Gasteiger partial charge in [0.1, 0.15) is 28.6 Å². The second kappa shape index (κ2) is 8.15. The van der Waals surface area contributed by atoms with Crippen LogP contribution in [0.4, 0.5) is 10.1 Å². The molecule has 31 heavy (non-hydrogen) atoms. The topological polar surface area (TPSA) is 117 Å². The highest BCUT2D eigenvalue weighted by molar-refractivity contribution is 6.14. The molecule has 0 spiro atoms. The summed E-state index contributed by atoms with van der Waals surface area (Å²) in [5.74, 6) is -0.912. The molecule has 0 radical (unpaired) electrons. The maximum absolute atomic E-state index is 13.7. The number of nitrogens with two attached hydrogens (primary N) is 1. The van der Waals surface area contributed by atoms with Crippen molar-refractivity contribution in [1.82, 2.24) is 4.98 Å². The lowest BCUT2D eigenvalue weighted by molar-refractivity contribution is 0.0977. The maximum Gasteiger partial charge on any atom is 0.286 e. The van der Waals surface area contributed by atoms with E-state index in [-0.39, 0.29) is 33.9 Å². The zero-order chi connectivity index (χ0) is 22.0. The molecule has 0 saturated heterocycles. The number of amides is 2. The van der Waals surface area contributed by atoms with Crippen molar-refractivity contribution in [1.29, 1.82) is 0 Å². The summed E-state index contributed by atoms with van der Waals surface area (Å²) in [7, 11) is 1.55. The number of hydrogen-bond donors (Lipinski definition) is 2. The first-order valence-corrected chi connectivity index (χ1v) is 9.06. The third-order valence-electron chi connectivity index (χ3n) is 4.37. The Morgan fingerprint density at radius 3 is 2.61 bits per heavy atom. The first-order valence-electron chi connectivity index (χ1n) is 9.06. The normalized spacial score (nSPS) is 10.6. The molecule has 4 rings (SSSR count). The van der Waals surface area contributed by atoms with E-state index in [9.17, 15) is 14.0 Å². The Balaban J connectivity index is 1.56. The molecule has 0 fully saturated rings. The van der Waals surface area contributed by atoms with Gasteiger partial charge in [0.2, 0.25) is 11.6 Å². The lowest BCUT2D eigenvalue weighted by Gasteiger charge is -2.08. The Hall–Kier alpha value is -4.40. The van der Waals surface area contributed by atoms with Crippen molar-refractivity contribution < 1.29 is 27.9 Å². The molecule has 4 aromatic rings. The van der Waals surface area contributed by atoms with Gasteiger partial charge in [-0.1, -0.05) is 6.07 Å². The lowest BCUT2D eigenvalue weighted by atomic mass is 10.2. The summed E-state index contributed by atoms with van der Waals surface area (Å²) in [4.78, 5) is 28.5. The van der Waals surface area contributed by atoms with Crippen LogP contribution in [0.2, 0.25) is 0 Å². The van der Waals surface area contributed by atoms with Gasteiger partial charge < -0.3 is 24.9 Å². The van der Waals surface area contributed by atoms with E-state index in [2.05, 4.69) is 10.3 Å². The second-order valence-corrected chi connectivity index (χ2v) is 6.43. The number of nitrogens with one attached hydrogen (secondary N) is 1. The Morgan fingerprint density at radius 1 is 1.10 bits per heavy atom. The number of primary amides is 1. The van der Waals surface area contributed by atoms with E-state index in [1.54, 1.807) is 31.4 Å². The van der Waals surface area contributed by atoms with Crippen molar-refractivity contribution in [2.45, 2.75) is 0 Å². The molecule has 3 N–H and O–H groups in total. The van der Waals surface area contributed by atoms with E-state index in [1.807, 2.05) is 0 Å². The maximum atomic E-state index is 13.7. The van der Waals surface area contributed by atoms with E-state index >= 15 is 0 Å². The Labute approximate surface area is 175 Å². The molecule has 0 bridgehead atoms. The lowest BCUT2D eigenvalue weighted by Crippen LogP contribution is -2.17. The third kappa shape index (κ3) is 4.15. The summed E-state index contributed by atoms with van der Waals surface area (Å²) in [6, 6.07) is 13.6. The standard InChI is InChI=1S/C22H16FN3O5/c1-29-14-3-2-4-15(10-14)30-18-8-5-12(11-25-18)22(28)26-19-16-9-13(23)6-7-17(16)31-20(19)21(24)27/h2-11H,1H3,(H2,24,27)(H,26,28). The van der Waals surface area contributed by atoms with Crippen molar-refractivity contribution in [3.05, 3.63) is 77.9 Å². The number of ether oxygens (including phenoxy) is 2. The average Bonchev–Trinajstić information content (AvgIpc) is 3.12. The summed E-state index contributed by atoms with van der Waals surface area (Å²) < 4.78 is 29.8. The van der Waals surface area contributed by atoms with Gasteiger partial charge in [0.15, 0.2) is 0 Å². The molecule has 2 heterocycles. The minimum atomic E-state index is -0.896. The largest absolute Gasteiger partial charge is 0.497 e. The number of carbonyl (C=O) groups is 2. The van der Waals surface area contributed by atoms with Crippen LogP contribution >= 0.6 is 0 Å². The highest BCUT2D eigenvalue weighted by atomic mass is 19.1. The van der Waals surface area contributed by atoms with Crippen LogP contribution in [0.15, 0.2) is 65.2 Å². The number of rotatable bonds is 6. The van der Waals surface area contributed by atoms with Crippen LogP contribution in [0.5, 0.6) is 17.4 Å². The SMILES string of the molecule is COc1cccc(Oc2ccc(C(=O)Nc3c(C(N)=O)oc4ccc(F)cc34)cn2)c1. The molecule has 8 nitrogen and oxygen atoms in total. The number of benzene rings is 2. The van der Waals surface area contributed by atoms with Gasteiger partial charge in [0, 0.05) is 23.7 Å². The Kier molecular flexibility index (Phi) is 5.23. The number of furan rings is 1. The number of carbonyl (C=O) groups excluding carboxylic acids is 2. The second-order valence-electron chi connectivity index (χ2n) is 6.43. The summed E-state index contributed by atoms with van der Waals surface area (Å²) in [5, 5.41) is 2.76. The fourth-order valence-corrected chi connectivity index (χ4v) is 2.91. The van der Waals surface area contributed by atoms with Crippen LogP contribution in [0.25, 0.3) is 11.0 Å². The molecular weight excluding hydrogens is 405 g/mol. The third-order valence-corrected chi connectivity index (χ3v) is 4.37. The molecule has 2 aromatic carbocycles. The van der Waals surface area contributed by atoms with Gasteiger partial charge in [-0.3, -0.25) is 9.59 Å². The number of aromatic nitrogens is 1. The molecule has 0 aliphatic rings. The molecule has 2 aromatic heterocycles. The summed E-state index contributed by atoms with van der Waals surface area (Å²) in [6.45, 7) is 0. The van der Waals surface area contributed by atoms with E-state index in [0.29, 0.717) is 11.5 Å². The van der Waals surface area contributed by atoms with Crippen molar-refractivity contribution in [2.75, 3.05) is 12.4 Å². The van der Waals surface area contributed by atoms with E-state index in [1.165, 1.54) is 30.5 Å². The van der Waals surface area contributed by atoms with Crippen LogP contribution < -0.4 is 20.5 Å². The van der Waals surface area contributed by atoms with Gasteiger partial charge in [-0.25, -0.2) is 9.37 Å². The fourth-order valence-electron chi connectivity index (χ4n) is 2.91. The zero-order valence-corrected chi connectivity index (χ0v) is 16.2.